The smallest absolute Gasteiger partial charge is 0.0291 e. The minimum Gasteiger partial charge on any atom is -0.310 e. The minimum absolute atomic E-state index is 0.461. The van der Waals surface area contributed by atoms with Gasteiger partial charge < -0.3 is 5.32 Å². The van der Waals surface area contributed by atoms with Gasteiger partial charge in [0.05, 0.1) is 0 Å². The number of rotatable bonds is 7. The van der Waals surface area contributed by atoms with Crippen molar-refractivity contribution in [3.8, 4) is 0 Å². The van der Waals surface area contributed by atoms with E-state index in [0.29, 0.717) is 6.04 Å². The SMILES string of the molecule is CSCCCCNC(C)c1cc(C)cc(C)c1. The number of thioether (sulfide) groups is 1. The monoisotopic (exact) mass is 251 g/mol. The summed E-state index contributed by atoms with van der Waals surface area (Å²) in [7, 11) is 0. The van der Waals surface area contributed by atoms with Crippen molar-refractivity contribution in [1.29, 1.82) is 0 Å². The lowest BCUT2D eigenvalue weighted by Gasteiger charge is -2.15. The maximum atomic E-state index is 3.60. The van der Waals surface area contributed by atoms with Gasteiger partial charge in [0.25, 0.3) is 0 Å². The molecule has 0 fully saturated rings. The van der Waals surface area contributed by atoms with Crippen LogP contribution >= 0.6 is 11.8 Å². The second kappa shape index (κ2) is 7.78. The van der Waals surface area contributed by atoms with Crippen molar-refractivity contribution in [1.82, 2.24) is 5.32 Å². The van der Waals surface area contributed by atoms with Crippen LogP contribution in [-0.2, 0) is 0 Å². The molecule has 1 aromatic rings. The van der Waals surface area contributed by atoms with Gasteiger partial charge in [-0.1, -0.05) is 29.3 Å². The van der Waals surface area contributed by atoms with Crippen LogP contribution in [0.25, 0.3) is 0 Å². The van der Waals surface area contributed by atoms with Gasteiger partial charge in [-0.25, -0.2) is 0 Å². The first kappa shape index (κ1) is 14.6. The first-order chi connectivity index (χ1) is 8.13. The van der Waals surface area contributed by atoms with E-state index in [2.05, 4.69) is 50.5 Å². The Labute approximate surface area is 110 Å². The lowest BCUT2D eigenvalue weighted by molar-refractivity contribution is 0.555. The molecule has 1 aromatic carbocycles. The first-order valence-corrected chi connectivity index (χ1v) is 7.83. The molecule has 0 saturated heterocycles. The van der Waals surface area contributed by atoms with Crippen LogP contribution in [0.1, 0.15) is 42.5 Å². The van der Waals surface area contributed by atoms with Gasteiger partial charge in [0.2, 0.25) is 0 Å². The number of hydrogen-bond donors (Lipinski definition) is 1. The van der Waals surface area contributed by atoms with Crippen LogP contribution in [-0.4, -0.2) is 18.6 Å². The third-order valence-electron chi connectivity index (χ3n) is 2.97. The Morgan fingerprint density at radius 3 is 2.35 bits per heavy atom. The van der Waals surface area contributed by atoms with E-state index in [-0.39, 0.29) is 0 Å². The average molecular weight is 251 g/mol. The summed E-state index contributed by atoms with van der Waals surface area (Å²) in [5, 5.41) is 3.60. The molecule has 1 rings (SSSR count). The van der Waals surface area contributed by atoms with E-state index in [9.17, 15) is 0 Å². The molecule has 1 N–H and O–H groups in total. The Hall–Kier alpha value is -0.470. The van der Waals surface area contributed by atoms with E-state index >= 15 is 0 Å². The summed E-state index contributed by atoms with van der Waals surface area (Å²) >= 11 is 1.93. The lowest BCUT2D eigenvalue weighted by atomic mass is 10.0. The highest BCUT2D eigenvalue weighted by Gasteiger charge is 2.05. The largest absolute Gasteiger partial charge is 0.310 e. The fourth-order valence-corrected chi connectivity index (χ4v) is 2.56. The molecule has 0 saturated carbocycles. The molecule has 0 aliphatic rings. The molecule has 0 aromatic heterocycles. The van der Waals surface area contributed by atoms with Crippen molar-refractivity contribution in [3.63, 3.8) is 0 Å². The summed E-state index contributed by atoms with van der Waals surface area (Å²) in [4.78, 5) is 0. The predicted octanol–water partition coefficient (Wildman–Crippen LogP) is 4.10. The number of benzene rings is 1. The topological polar surface area (TPSA) is 12.0 Å². The van der Waals surface area contributed by atoms with Gasteiger partial charge in [-0.3, -0.25) is 0 Å². The van der Waals surface area contributed by atoms with Crippen molar-refractivity contribution >= 4 is 11.8 Å². The molecule has 1 unspecified atom stereocenters. The van der Waals surface area contributed by atoms with Crippen LogP contribution in [0.3, 0.4) is 0 Å². The van der Waals surface area contributed by atoms with Gasteiger partial charge in [-0.05, 0) is 57.7 Å². The summed E-state index contributed by atoms with van der Waals surface area (Å²) in [5.41, 5.74) is 4.12. The zero-order valence-corrected chi connectivity index (χ0v) is 12.4. The third-order valence-corrected chi connectivity index (χ3v) is 3.67. The highest BCUT2D eigenvalue weighted by molar-refractivity contribution is 7.98. The minimum atomic E-state index is 0.461. The highest BCUT2D eigenvalue weighted by Crippen LogP contribution is 2.16. The average Bonchev–Trinajstić information content (AvgIpc) is 2.27. The Balaban J connectivity index is 2.38. The molecule has 96 valence electrons. The number of unbranched alkanes of at least 4 members (excludes halogenated alkanes) is 1. The maximum absolute atomic E-state index is 3.60. The zero-order chi connectivity index (χ0) is 12.7. The van der Waals surface area contributed by atoms with Crippen LogP contribution in [0.4, 0.5) is 0 Å². The van der Waals surface area contributed by atoms with E-state index in [1.54, 1.807) is 0 Å². The van der Waals surface area contributed by atoms with Gasteiger partial charge in [0.15, 0.2) is 0 Å². The van der Waals surface area contributed by atoms with Crippen molar-refractivity contribution in [2.75, 3.05) is 18.6 Å². The zero-order valence-electron chi connectivity index (χ0n) is 11.5. The van der Waals surface area contributed by atoms with Gasteiger partial charge >= 0.3 is 0 Å². The lowest BCUT2D eigenvalue weighted by Crippen LogP contribution is -2.20. The molecule has 0 aliphatic carbocycles. The fraction of sp³-hybridized carbons (Fsp3) is 0.600. The van der Waals surface area contributed by atoms with E-state index in [4.69, 9.17) is 0 Å². The van der Waals surface area contributed by atoms with Crippen LogP contribution < -0.4 is 5.32 Å². The molecule has 0 aliphatic heterocycles. The maximum Gasteiger partial charge on any atom is 0.0291 e. The van der Waals surface area contributed by atoms with Crippen molar-refractivity contribution in [2.24, 2.45) is 0 Å². The molecule has 0 radical (unpaired) electrons. The molecule has 17 heavy (non-hydrogen) atoms. The van der Waals surface area contributed by atoms with Crippen LogP contribution in [0.15, 0.2) is 18.2 Å². The summed E-state index contributed by atoms with van der Waals surface area (Å²) in [6.45, 7) is 7.71. The quantitative estimate of drug-likeness (QED) is 0.732. The standard InChI is InChI=1S/C15H25NS/c1-12-9-13(2)11-15(10-12)14(3)16-7-5-6-8-17-4/h9-11,14,16H,5-8H2,1-4H3. The summed E-state index contributed by atoms with van der Waals surface area (Å²) in [6, 6.07) is 7.26. The van der Waals surface area contributed by atoms with E-state index < -0.39 is 0 Å². The Morgan fingerprint density at radius 1 is 1.12 bits per heavy atom. The summed E-state index contributed by atoms with van der Waals surface area (Å²) in [5.74, 6) is 1.28. The molecular weight excluding hydrogens is 226 g/mol. The molecule has 0 bridgehead atoms. The molecule has 0 amide bonds. The molecular formula is C15H25NS. The highest BCUT2D eigenvalue weighted by atomic mass is 32.2. The Bertz CT molecular complexity index is 315. The van der Waals surface area contributed by atoms with Crippen LogP contribution in [0, 0.1) is 13.8 Å². The second-order valence-corrected chi connectivity index (χ2v) is 5.78. The first-order valence-electron chi connectivity index (χ1n) is 6.44. The Kier molecular flexibility index (Phi) is 6.68. The predicted molar refractivity (Wildman–Crippen MR) is 79.9 cm³/mol. The van der Waals surface area contributed by atoms with E-state index in [1.807, 2.05) is 11.8 Å². The van der Waals surface area contributed by atoms with Gasteiger partial charge in [0, 0.05) is 6.04 Å². The molecule has 0 spiro atoms. The summed E-state index contributed by atoms with van der Waals surface area (Å²) in [6.07, 6.45) is 4.76. The summed E-state index contributed by atoms with van der Waals surface area (Å²) < 4.78 is 0. The van der Waals surface area contributed by atoms with Gasteiger partial charge in [-0.2, -0.15) is 11.8 Å². The van der Waals surface area contributed by atoms with Gasteiger partial charge in [-0.15, -0.1) is 0 Å². The van der Waals surface area contributed by atoms with Crippen molar-refractivity contribution < 1.29 is 0 Å². The van der Waals surface area contributed by atoms with E-state index in [0.717, 1.165) is 6.54 Å². The van der Waals surface area contributed by atoms with Gasteiger partial charge in [0.1, 0.15) is 0 Å². The third kappa shape index (κ3) is 5.60. The van der Waals surface area contributed by atoms with Crippen LogP contribution in [0.2, 0.25) is 0 Å². The van der Waals surface area contributed by atoms with Crippen molar-refractivity contribution in [3.05, 3.63) is 34.9 Å². The van der Waals surface area contributed by atoms with Crippen LogP contribution in [0.5, 0.6) is 0 Å². The fourth-order valence-electron chi connectivity index (χ4n) is 2.07. The number of aryl methyl sites for hydroxylation is 2. The normalized spacial score (nSPS) is 12.7. The van der Waals surface area contributed by atoms with E-state index in [1.165, 1.54) is 35.3 Å². The van der Waals surface area contributed by atoms with Crippen molar-refractivity contribution in [2.45, 2.75) is 39.7 Å². The number of hydrogen-bond acceptors (Lipinski definition) is 2. The molecule has 2 heteroatoms. The molecule has 1 nitrogen and oxygen atoms in total. The second-order valence-electron chi connectivity index (χ2n) is 4.80. The number of nitrogens with one attached hydrogen (secondary N) is 1. The molecule has 1 atom stereocenters. The Morgan fingerprint density at radius 2 is 1.76 bits per heavy atom. The molecule has 0 heterocycles.